The van der Waals surface area contributed by atoms with Gasteiger partial charge in [-0.2, -0.15) is 5.26 Å². The van der Waals surface area contributed by atoms with Gasteiger partial charge in [0.05, 0.1) is 36.6 Å². The van der Waals surface area contributed by atoms with Gasteiger partial charge < -0.3 is 34.1 Å². The van der Waals surface area contributed by atoms with Gasteiger partial charge in [0.2, 0.25) is 0 Å². The first-order valence-corrected chi connectivity index (χ1v) is 12.5. The fourth-order valence-electron chi connectivity index (χ4n) is 4.34. The first-order valence-electron chi connectivity index (χ1n) is 12.5. The van der Waals surface area contributed by atoms with Gasteiger partial charge in [-0.1, -0.05) is 0 Å². The standard InChI is InChI=1S/C28H33N5O5/c1-19(2)38-22-7-5-21(6-8-22)31-28(34)33-11-9-32(10-12-33)27-20(17-29)18-30-24-16-26(37-14-13-35-3)25(36-4)15-23(24)27/h5-8,15-16,18-19H,9-14H2,1-4H3,(H,31,34). The lowest BCUT2D eigenvalue weighted by atomic mass is 10.1. The van der Waals surface area contributed by atoms with Gasteiger partial charge >= 0.3 is 6.03 Å². The first-order chi connectivity index (χ1) is 18.4. The molecule has 2 aromatic carbocycles. The molecule has 0 radical (unpaired) electrons. The fraction of sp³-hybridized carbons (Fsp3) is 0.393. The summed E-state index contributed by atoms with van der Waals surface area (Å²) < 4.78 is 22.1. The zero-order valence-corrected chi connectivity index (χ0v) is 22.2. The Balaban J connectivity index is 1.48. The molecule has 0 atom stereocenters. The number of nitriles is 1. The van der Waals surface area contributed by atoms with Crippen LogP contribution < -0.4 is 24.4 Å². The number of aromatic nitrogens is 1. The predicted molar refractivity (Wildman–Crippen MR) is 145 cm³/mol. The van der Waals surface area contributed by atoms with Crippen LogP contribution in [0.4, 0.5) is 16.2 Å². The van der Waals surface area contributed by atoms with Crippen LogP contribution in [0, 0.1) is 11.3 Å². The summed E-state index contributed by atoms with van der Waals surface area (Å²) in [6.07, 6.45) is 1.66. The highest BCUT2D eigenvalue weighted by Crippen LogP contribution is 2.38. The molecule has 2 heterocycles. The summed E-state index contributed by atoms with van der Waals surface area (Å²) in [5.74, 6) is 1.87. The Kier molecular flexibility index (Phi) is 8.71. The van der Waals surface area contributed by atoms with Crippen molar-refractivity contribution in [3.8, 4) is 23.3 Å². The van der Waals surface area contributed by atoms with Crippen molar-refractivity contribution in [1.82, 2.24) is 9.88 Å². The maximum absolute atomic E-state index is 12.9. The molecule has 1 saturated heterocycles. The quantitative estimate of drug-likeness (QED) is 0.417. The first kappa shape index (κ1) is 26.8. The number of hydrogen-bond donors (Lipinski definition) is 1. The Labute approximate surface area is 222 Å². The molecule has 1 aliphatic rings. The van der Waals surface area contributed by atoms with Gasteiger partial charge in [-0.3, -0.25) is 4.98 Å². The third-order valence-electron chi connectivity index (χ3n) is 6.15. The van der Waals surface area contributed by atoms with Gasteiger partial charge in [0.15, 0.2) is 11.5 Å². The third-order valence-corrected chi connectivity index (χ3v) is 6.15. The van der Waals surface area contributed by atoms with E-state index in [9.17, 15) is 10.1 Å². The van der Waals surface area contributed by atoms with Crippen molar-refractivity contribution in [2.45, 2.75) is 20.0 Å². The van der Waals surface area contributed by atoms with Crippen molar-refractivity contribution in [2.75, 3.05) is 63.8 Å². The molecule has 38 heavy (non-hydrogen) atoms. The number of benzene rings is 2. The Bertz CT molecular complexity index is 1300. The molecule has 1 aliphatic heterocycles. The number of urea groups is 1. The van der Waals surface area contributed by atoms with Crippen molar-refractivity contribution in [1.29, 1.82) is 5.26 Å². The van der Waals surface area contributed by atoms with Crippen LogP contribution >= 0.6 is 0 Å². The van der Waals surface area contributed by atoms with Crippen LogP contribution in [-0.4, -0.2) is 75.6 Å². The number of rotatable bonds is 9. The SMILES string of the molecule is COCCOc1cc2ncc(C#N)c(N3CCN(C(=O)Nc4ccc(OC(C)C)cc4)CC3)c2cc1OC. The number of amides is 2. The van der Waals surface area contributed by atoms with E-state index < -0.39 is 0 Å². The summed E-state index contributed by atoms with van der Waals surface area (Å²) in [4.78, 5) is 21.3. The number of carbonyl (C=O) groups excluding carboxylic acids is 1. The van der Waals surface area contributed by atoms with Crippen molar-refractivity contribution >= 4 is 28.3 Å². The minimum absolute atomic E-state index is 0.0863. The maximum atomic E-state index is 12.9. The molecule has 200 valence electrons. The minimum Gasteiger partial charge on any atom is -0.493 e. The van der Waals surface area contributed by atoms with E-state index in [-0.39, 0.29) is 12.1 Å². The zero-order valence-electron chi connectivity index (χ0n) is 22.2. The molecule has 3 aromatic rings. The van der Waals surface area contributed by atoms with Crippen LogP contribution in [0.1, 0.15) is 19.4 Å². The average Bonchev–Trinajstić information content (AvgIpc) is 2.93. The van der Waals surface area contributed by atoms with E-state index in [2.05, 4.69) is 21.3 Å². The molecule has 1 N–H and O–H groups in total. The Morgan fingerprint density at radius 2 is 1.82 bits per heavy atom. The Hall–Kier alpha value is -4.23. The third kappa shape index (κ3) is 6.18. The molecule has 4 rings (SSSR count). The number of piperazine rings is 1. The fourth-order valence-corrected chi connectivity index (χ4v) is 4.34. The number of hydrogen-bond acceptors (Lipinski definition) is 8. The van der Waals surface area contributed by atoms with E-state index >= 15 is 0 Å². The molecule has 0 aliphatic carbocycles. The average molecular weight is 520 g/mol. The van der Waals surface area contributed by atoms with Crippen LogP contribution in [0.3, 0.4) is 0 Å². The summed E-state index contributed by atoms with van der Waals surface area (Å²) >= 11 is 0. The van der Waals surface area contributed by atoms with Gasteiger partial charge in [-0.25, -0.2) is 4.79 Å². The van der Waals surface area contributed by atoms with Gasteiger partial charge in [-0.05, 0) is 44.2 Å². The van der Waals surface area contributed by atoms with E-state index in [1.54, 1.807) is 25.3 Å². The van der Waals surface area contributed by atoms with Crippen molar-refractivity contribution in [3.63, 3.8) is 0 Å². The van der Waals surface area contributed by atoms with Gasteiger partial charge in [0.1, 0.15) is 18.4 Å². The molecular formula is C28H33N5O5. The van der Waals surface area contributed by atoms with Crippen LogP contribution in [0.5, 0.6) is 17.2 Å². The summed E-state index contributed by atoms with van der Waals surface area (Å²) in [5, 5.41) is 13.6. The van der Waals surface area contributed by atoms with Gasteiger partial charge in [-0.15, -0.1) is 0 Å². The second-order valence-corrected chi connectivity index (χ2v) is 9.09. The molecule has 1 fully saturated rings. The highest BCUT2D eigenvalue weighted by Gasteiger charge is 2.25. The summed E-state index contributed by atoms with van der Waals surface area (Å²) in [5.41, 5.74) is 2.64. The lowest BCUT2D eigenvalue weighted by Crippen LogP contribution is -2.50. The second kappa shape index (κ2) is 12.3. The summed E-state index contributed by atoms with van der Waals surface area (Å²) in [7, 11) is 3.19. The zero-order chi connectivity index (χ0) is 27.1. The number of pyridine rings is 1. The van der Waals surface area contributed by atoms with Crippen molar-refractivity contribution in [2.24, 2.45) is 0 Å². The van der Waals surface area contributed by atoms with Gasteiger partial charge in [0, 0.05) is 56.6 Å². The Morgan fingerprint density at radius 1 is 1.08 bits per heavy atom. The van der Waals surface area contributed by atoms with E-state index in [4.69, 9.17) is 18.9 Å². The molecule has 1 aromatic heterocycles. The lowest BCUT2D eigenvalue weighted by Gasteiger charge is -2.37. The normalized spacial score (nSPS) is 13.4. The summed E-state index contributed by atoms with van der Waals surface area (Å²) in [6.45, 7) is 6.90. The molecular weight excluding hydrogens is 486 g/mol. The van der Waals surface area contributed by atoms with E-state index in [1.165, 1.54) is 0 Å². The van der Waals surface area contributed by atoms with Gasteiger partial charge in [0.25, 0.3) is 0 Å². The topological polar surface area (TPSA) is 109 Å². The number of methoxy groups -OCH3 is 2. The molecule has 0 bridgehead atoms. The largest absolute Gasteiger partial charge is 0.493 e. The highest BCUT2D eigenvalue weighted by molar-refractivity contribution is 5.97. The molecule has 10 heteroatoms. The van der Waals surface area contributed by atoms with Crippen LogP contribution in [-0.2, 0) is 4.74 Å². The highest BCUT2D eigenvalue weighted by atomic mass is 16.5. The molecule has 0 unspecified atom stereocenters. The smallest absolute Gasteiger partial charge is 0.321 e. The number of nitrogens with zero attached hydrogens (tertiary/aromatic N) is 4. The minimum atomic E-state index is -0.165. The van der Waals surface area contributed by atoms with Crippen LogP contribution in [0.15, 0.2) is 42.6 Å². The number of fused-ring (bicyclic) bond motifs is 1. The Morgan fingerprint density at radius 3 is 2.45 bits per heavy atom. The number of anilines is 2. The number of nitrogens with one attached hydrogen (secondary N) is 1. The monoisotopic (exact) mass is 519 g/mol. The van der Waals surface area contributed by atoms with E-state index in [1.807, 2.05) is 50.2 Å². The molecule has 0 spiro atoms. The molecule has 0 saturated carbocycles. The maximum Gasteiger partial charge on any atom is 0.321 e. The lowest BCUT2D eigenvalue weighted by molar-refractivity contribution is 0.144. The number of carbonyl (C=O) groups is 1. The van der Waals surface area contributed by atoms with Crippen LogP contribution in [0.25, 0.3) is 10.9 Å². The van der Waals surface area contributed by atoms with Crippen molar-refractivity contribution in [3.05, 3.63) is 48.2 Å². The molecule has 10 nitrogen and oxygen atoms in total. The summed E-state index contributed by atoms with van der Waals surface area (Å²) in [6, 6.07) is 13.1. The second-order valence-electron chi connectivity index (χ2n) is 9.09. The predicted octanol–water partition coefficient (Wildman–Crippen LogP) is 4.28. The van der Waals surface area contributed by atoms with E-state index in [0.29, 0.717) is 67.7 Å². The van der Waals surface area contributed by atoms with Crippen molar-refractivity contribution < 1.29 is 23.7 Å². The number of ether oxygens (including phenoxy) is 4. The van der Waals surface area contributed by atoms with Crippen LogP contribution in [0.2, 0.25) is 0 Å². The van der Waals surface area contributed by atoms with E-state index in [0.717, 1.165) is 16.8 Å². The molecule has 2 amide bonds.